The molecule has 0 aromatic heterocycles. The number of benzene rings is 1. The summed E-state index contributed by atoms with van der Waals surface area (Å²) in [5.74, 6) is -0.452. The van der Waals surface area contributed by atoms with Gasteiger partial charge in [0.2, 0.25) is 0 Å². The van der Waals surface area contributed by atoms with Crippen molar-refractivity contribution in [2.75, 3.05) is 13.3 Å². The van der Waals surface area contributed by atoms with Crippen molar-refractivity contribution in [3.63, 3.8) is 0 Å². The van der Waals surface area contributed by atoms with Crippen molar-refractivity contribution in [3.05, 3.63) is 30.1 Å². The average Bonchev–Trinajstić information content (AvgIpc) is 1.86. The first-order chi connectivity index (χ1) is 5.00. The molecule has 1 nitrogen and oxygen atoms in total. The van der Waals surface area contributed by atoms with E-state index in [1.54, 1.807) is 25.5 Å². The van der Waals surface area contributed by atoms with Crippen LogP contribution in [0, 0.1) is 11.9 Å². The second-order valence-corrected chi connectivity index (χ2v) is 5.92. The summed E-state index contributed by atoms with van der Waals surface area (Å²) in [6.45, 7) is 3.19. The SMILES string of the molecule is CP(C)(=O)c1[c]c(F)ccc1. The van der Waals surface area contributed by atoms with Crippen LogP contribution in [0.15, 0.2) is 18.2 Å². The Morgan fingerprint density at radius 3 is 2.45 bits per heavy atom. The molecule has 0 aliphatic carbocycles. The summed E-state index contributed by atoms with van der Waals surface area (Å²) in [6, 6.07) is 6.88. The van der Waals surface area contributed by atoms with Crippen LogP contribution in [0.2, 0.25) is 0 Å². The van der Waals surface area contributed by atoms with E-state index < -0.39 is 13.0 Å². The Kier molecular flexibility index (Phi) is 2.15. The van der Waals surface area contributed by atoms with Crippen LogP contribution in [0.5, 0.6) is 0 Å². The Balaban J connectivity index is 3.17. The van der Waals surface area contributed by atoms with Gasteiger partial charge in [-0.2, -0.15) is 0 Å². The lowest BCUT2D eigenvalue weighted by Gasteiger charge is -2.04. The first-order valence-electron chi connectivity index (χ1n) is 3.23. The monoisotopic (exact) mass is 171 g/mol. The number of hydrogen-bond acceptors (Lipinski definition) is 1. The highest BCUT2D eigenvalue weighted by Gasteiger charge is 2.10. The minimum Gasteiger partial charge on any atom is -0.319 e. The van der Waals surface area contributed by atoms with Crippen molar-refractivity contribution in [1.29, 1.82) is 0 Å². The van der Waals surface area contributed by atoms with Gasteiger partial charge in [-0.15, -0.1) is 0 Å². The zero-order valence-electron chi connectivity index (χ0n) is 6.47. The Hall–Kier alpha value is -0.620. The summed E-state index contributed by atoms with van der Waals surface area (Å²) in [5.41, 5.74) is 0. The fourth-order valence-electron chi connectivity index (χ4n) is 0.744. The molecule has 0 amide bonds. The van der Waals surface area contributed by atoms with Crippen LogP contribution < -0.4 is 5.30 Å². The van der Waals surface area contributed by atoms with E-state index in [2.05, 4.69) is 6.07 Å². The van der Waals surface area contributed by atoms with Gasteiger partial charge in [0, 0.05) is 11.4 Å². The highest BCUT2D eigenvalue weighted by atomic mass is 31.2. The van der Waals surface area contributed by atoms with Crippen LogP contribution in [0.1, 0.15) is 0 Å². The third kappa shape index (κ3) is 2.16. The van der Waals surface area contributed by atoms with E-state index in [4.69, 9.17) is 0 Å². The van der Waals surface area contributed by atoms with Gasteiger partial charge in [0.1, 0.15) is 13.0 Å². The van der Waals surface area contributed by atoms with E-state index in [9.17, 15) is 8.96 Å². The van der Waals surface area contributed by atoms with Crippen LogP contribution in [-0.2, 0) is 4.57 Å². The van der Waals surface area contributed by atoms with Crippen molar-refractivity contribution in [2.24, 2.45) is 0 Å². The summed E-state index contributed by atoms with van der Waals surface area (Å²) >= 11 is 0. The molecule has 1 radical (unpaired) electrons. The van der Waals surface area contributed by atoms with Gasteiger partial charge >= 0.3 is 0 Å². The molecule has 0 atom stereocenters. The molecule has 0 unspecified atom stereocenters. The largest absolute Gasteiger partial charge is 0.319 e. The number of hydrogen-bond donors (Lipinski definition) is 0. The van der Waals surface area contributed by atoms with Gasteiger partial charge in [-0.3, -0.25) is 0 Å². The van der Waals surface area contributed by atoms with Crippen LogP contribution in [0.3, 0.4) is 0 Å². The molecular weight excluding hydrogens is 162 g/mol. The molecule has 0 aliphatic heterocycles. The molecule has 1 rings (SSSR count). The minimum atomic E-state index is -2.34. The Morgan fingerprint density at radius 1 is 1.45 bits per heavy atom. The summed E-state index contributed by atoms with van der Waals surface area (Å²) in [5, 5.41) is 0.470. The fourth-order valence-corrected chi connectivity index (χ4v) is 1.56. The second-order valence-electron chi connectivity index (χ2n) is 2.73. The van der Waals surface area contributed by atoms with Gasteiger partial charge in [-0.1, -0.05) is 12.1 Å². The zero-order valence-corrected chi connectivity index (χ0v) is 7.36. The van der Waals surface area contributed by atoms with Crippen molar-refractivity contribution in [2.45, 2.75) is 0 Å². The van der Waals surface area contributed by atoms with Gasteiger partial charge in [-0.05, 0) is 19.4 Å². The molecule has 0 aliphatic rings. The van der Waals surface area contributed by atoms with Crippen LogP contribution in [-0.4, -0.2) is 13.3 Å². The number of halogens is 1. The maximum atomic E-state index is 12.5. The molecule has 3 heteroatoms. The Morgan fingerprint density at radius 2 is 2.09 bits per heavy atom. The standard InChI is InChI=1S/C8H9FOP/c1-11(2,10)8-5-3-4-7(9)6-8/h3-5H,1-2H3. The normalized spacial score (nSPS) is 11.5. The Bertz CT molecular complexity index is 303. The van der Waals surface area contributed by atoms with E-state index in [0.717, 1.165) is 0 Å². The molecule has 0 N–H and O–H groups in total. The molecule has 0 saturated carbocycles. The first-order valence-corrected chi connectivity index (χ1v) is 5.83. The Labute approximate surface area is 65.6 Å². The van der Waals surface area contributed by atoms with Crippen molar-refractivity contribution in [3.8, 4) is 0 Å². The average molecular weight is 171 g/mol. The lowest BCUT2D eigenvalue weighted by atomic mass is 10.3. The minimum absolute atomic E-state index is 0.452. The summed E-state index contributed by atoms with van der Waals surface area (Å²) in [4.78, 5) is 0. The fraction of sp³-hybridized carbons (Fsp3) is 0.250. The van der Waals surface area contributed by atoms with Crippen LogP contribution in [0.4, 0.5) is 4.39 Å². The predicted octanol–water partition coefficient (Wildman–Crippen LogP) is 1.87. The summed E-state index contributed by atoms with van der Waals surface area (Å²) in [7, 11) is -2.34. The third-order valence-corrected chi connectivity index (χ3v) is 2.75. The van der Waals surface area contributed by atoms with Crippen molar-refractivity contribution in [1.82, 2.24) is 0 Å². The third-order valence-electron chi connectivity index (χ3n) is 1.32. The maximum Gasteiger partial charge on any atom is 0.131 e. The van der Waals surface area contributed by atoms with E-state index in [1.165, 1.54) is 6.07 Å². The van der Waals surface area contributed by atoms with E-state index in [-0.39, 0.29) is 0 Å². The zero-order chi connectivity index (χ0) is 8.48. The molecule has 0 fully saturated rings. The quantitative estimate of drug-likeness (QED) is 0.589. The molecule has 1 aromatic carbocycles. The summed E-state index contributed by atoms with van der Waals surface area (Å²) in [6.07, 6.45) is 0. The molecule has 1 aromatic rings. The van der Waals surface area contributed by atoms with Crippen LogP contribution >= 0.6 is 7.14 Å². The molecule has 0 bridgehead atoms. The van der Waals surface area contributed by atoms with Gasteiger partial charge in [0.05, 0.1) is 0 Å². The predicted molar refractivity (Wildman–Crippen MR) is 44.3 cm³/mol. The van der Waals surface area contributed by atoms with Gasteiger partial charge in [0.15, 0.2) is 0 Å². The summed E-state index contributed by atoms with van der Waals surface area (Å²) < 4.78 is 23.9. The molecular formula is C8H9FOP. The topological polar surface area (TPSA) is 17.1 Å². The van der Waals surface area contributed by atoms with E-state index in [1.807, 2.05) is 0 Å². The molecule has 0 spiro atoms. The lowest BCUT2D eigenvalue weighted by molar-refractivity contribution is 0.587. The van der Waals surface area contributed by atoms with Gasteiger partial charge in [0.25, 0.3) is 0 Å². The molecule has 0 heterocycles. The van der Waals surface area contributed by atoms with Crippen LogP contribution in [0.25, 0.3) is 0 Å². The highest BCUT2D eigenvalue weighted by molar-refractivity contribution is 7.70. The van der Waals surface area contributed by atoms with E-state index in [0.29, 0.717) is 5.30 Å². The van der Waals surface area contributed by atoms with E-state index >= 15 is 0 Å². The molecule has 11 heavy (non-hydrogen) atoms. The number of rotatable bonds is 1. The smallest absolute Gasteiger partial charge is 0.131 e. The lowest BCUT2D eigenvalue weighted by Crippen LogP contribution is -2.03. The first kappa shape index (κ1) is 8.48. The maximum absolute atomic E-state index is 12.5. The molecule has 59 valence electrons. The second kappa shape index (κ2) is 2.78. The van der Waals surface area contributed by atoms with Crippen molar-refractivity contribution >= 4 is 12.4 Å². The van der Waals surface area contributed by atoms with Crippen molar-refractivity contribution < 1.29 is 8.96 Å². The molecule has 0 saturated heterocycles. The van der Waals surface area contributed by atoms with Gasteiger partial charge < -0.3 is 4.57 Å². The highest BCUT2D eigenvalue weighted by Crippen LogP contribution is 2.33. The van der Waals surface area contributed by atoms with Gasteiger partial charge in [-0.25, -0.2) is 4.39 Å².